The summed E-state index contributed by atoms with van der Waals surface area (Å²) < 4.78 is 43.5. The van der Waals surface area contributed by atoms with Crippen LogP contribution >= 0.6 is 24.0 Å². The summed E-state index contributed by atoms with van der Waals surface area (Å²) in [5.41, 5.74) is 1.82. The van der Waals surface area contributed by atoms with E-state index in [2.05, 4.69) is 10.3 Å². The molecule has 2 aromatic heterocycles. The fourth-order valence-corrected chi connectivity index (χ4v) is 4.16. The van der Waals surface area contributed by atoms with Crippen LogP contribution in [0.4, 0.5) is 13.2 Å². The molecule has 1 N–H and O–H groups in total. The summed E-state index contributed by atoms with van der Waals surface area (Å²) in [5, 5.41) is 3.31. The maximum absolute atomic E-state index is 14.0. The molecule has 0 saturated carbocycles. The summed E-state index contributed by atoms with van der Waals surface area (Å²) in [6.07, 6.45) is -2.28. The number of pyridine rings is 1. The third-order valence-corrected chi connectivity index (χ3v) is 6.06. The van der Waals surface area contributed by atoms with Crippen molar-refractivity contribution in [3.63, 3.8) is 0 Å². The van der Waals surface area contributed by atoms with E-state index in [9.17, 15) is 18.0 Å². The van der Waals surface area contributed by atoms with Gasteiger partial charge in [0.1, 0.15) is 0 Å². The van der Waals surface area contributed by atoms with Crippen molar-refractivity contribution >= 4 is 29.9 Å². The van der Waals surface area contributed by atoms with Crippen LogP contribution in [-0.2, 0) is 6.18 Å². The van der Waals surface area contributed by atoms with Gasteiger partial charge in [0.2, 0.25) is 0 Å². The molecule has 0 bridgehead atoms. The predicted molar refractivity (Wildman–Crippen MR) is 147 cm³/mol. The van der Waals surface area contributed by atoms with Gasteiger partial charge in [0.05, 0.1) is 33.4 Å². The van der Waals surface area contributed by atoms with Gasteiger partial charge in [-0.2, -0.15) is 13.2 Å². The zero-order valence-corrected chi connectivity index (χ0v) is 22.4. The van der Waals surface area contributed by atoms with Crippen molar-refractivity contribution in [1.82, 2.24) is 19.8 Å². The Balaban J connectivity index is 0.00000400. The van der Waals surface area contributed by atoms with Gasteiger partial charge < -0.3 is 14.8 Å². The number of benzene rings is 2. The summed E-state index contributed by atoms with van der Waals surface area (Å²) >= 11 is 5.98. The van der Waals surface area contributed by atoms with Crippen molar-refractivity contribution in [2.24, 2.45) is 0 Å². The van der Waals surface area contributed by atoms with Gasteiger partial charge in [0, 0.05) is 18.3 Å². The largest absolute Gasteiger partial charge is 0.418 e. The van der Waals surface area contributed by atoms with Gasteiger partial charge in [-0.1, -0.05) is 35.9 Å². The molecule has 0 atom stereocenters. The summed E-state index contributed by atoms with van der Waals surface area (Å²) in [5.74, 6) is -0.200. The molecule has 0 aliphatic rings. The van der Waals surface area contributed by atoms with Crippen LogP contribution in [0.25, 0.3) is 28.3 Å². The highest BCUT2D eigenvalue weighted by atomic mass is 35.5. The molecule has 10 heteroatoms. The molecule has 2 heterocycles. The van der Waals surface area contributed by atoms with Crippen LogP contribution in [0.1, 0.15) is 22.3 Å². The van der Waals surface area contributed by atoms with Crippen LogP contribution in [-0.4, -0.2) is 47.5 Å². The smallest absolute Gasteiger partial charge is 0.352 e. The Morgan fingerprint density at radius 1 is 0.974 bits per heavy atom. The number of carbonyl (C=O) groups excluding carboxylic acids is 1. The standard InChI is InChI=1S/C28H26ClF3N4O.ClH/c1-35(2)17-5-16-33-27(37)20-10-8-19(9-11-20)24-14-15-26(23-13-12-21(29)18-34-23)36(24)25-7-4-3-6-22(25)28(30,31)32;/h3-4,6-15,18H,5,16-17H2,1-2H3,(H,33,37);1H. The fraction of sp³-hybridized carbons (Fsp3) is 0.214. The predicted octanol–water partition coefficient (Wildman–Crippen LogP) is 6.98. The molecule has 0 aliphatic heterocycles. The van der Waals surface area contributed by atoms with E-state index in [1.54, 1.807) is 54.6 Å². The van der Waals surface area contributed by atoms with Crippen molar-refractivity contribution in [3.05, 3.63) is 95.1 Å². The van der Waals surface area contributed by atoms with E-state index >= 15 is 0 Å². The Morgan fingerprint density at radius 3 is 2.29 bits per heavy atom. The van der Waals surface area contributed by atoms with Gasteiger partial charge in [0.25, 0.3) is 5.91 Å². The first kappa shape index (κ1) is 29.2. The molecule has 38 heavy (non-hydrogen) atoms. The van der Waals surface area contributed by atoms with E-state index in [0.717, 1.165) is 19.0 Å². The second-order valence-electron chi connectivity index (χ2n) is 8.81. The number of carbonyl (C=O) groups is 1. The van der Waals surface area contributed by atoms with Crippen molar-refractivity contribution in [2.45, 2.75) is 12.6 Å². The minimum Gasteiger partial charge on any atom is -0.352 e. The van der Waals surface area contributed by atoms with Crippen LogP contribution in [0.2, 0.25) is 5.02 Å². The quantitative estimate of drug-likeness (QED) is 0.236. The number of alkyl halides is 3. The third kappa shape index (κ3) is 6.75. The average Bonchev–Trinajstić information content (AvgIpc) is 3.31. The van der Waals surface area contributed by atoms with Crippen LogP contribution in [0, 0.1) is 0 Å². The third-order valence-electron chi connectivity index (χ3n) is 5.83. The molecule has 0 aliphatic carbocycles. The van der Waals surface area contributed by atoms with E-state index in [-0.39, 0.29) is 24.0 Å². The number of nitrogens with zero attached hydrogens (tertiary/aromatic N) is 3. The number of amides is 1. The molecule has 0 spiro atoms. The number of nitrogens with one attached hydrogen (secondary N) is 1. The molecule has 0 saturated heterocycles. The first-order valence-electron chi connectivity index (χ1n) is 11.7. The molecule has 0 unspecified atom stereocenters. The van der Waals surface area contributed by atoms with E-state index in [1.807, 2.05) is 19.0 Å². The molecule has 2 aromatic carbocycles. The summed E-state index contributed by atoms with van der Waals surface area (Å²) in [6.45, 7) is 1.41. The van der Waals surface area contributed by atoms with Crippen molar-refractivity contribution in [2.75, 3.05) is 27.2 Å². The highest BCUT2D eigenvalue weighted by Crippen LogP contribution is 2.39. The Morgan fingerprint density at radius 2 is 1.66 bits per heavy atom. The van der Waals surface area contributed by atoms with E-state index in [0.29, 0.717) is 39.8 Å². The Labute approximate surface area is 230 Å². The normalized spacial score (nSPS) is 11.3. The molecule has 1 amide bonds. The van der Waals surface area contributed by atoms with E-state index < -0.39 is 11.7 Å². The molecular formula is C28H27Cl2F3N4O. The van der Waals surface area contributed by atoms with E-state index in [1.165, 1.54) is 22.9 Å². The second kappa shape index (κ2) is 12.5. The maximum Gasteiger partial charge on any atom is 0.418 e. The highest BCUT2D eigenvalue weighted by Gasteiger charge is 2.34. The Bertz CT molecular complexity index is 1370. The minimum absolute atomic E-state index is 0. The van der Waals surface area contributed by atoms with Crippen LogP contribution in [0.3, 0.4) is 0 Å². The molecule has 4 aromatic rings. The van der Waals surface area contributed by atoms with Gasteiger partial charge in [-0.25, -0.2) is 0 Å². The summed E-state index contributed by atoms with van der Waals surface area (Å²) in [6, 6.07) is 19.0. The number of halogens is 5. The molecule has 5 nitrogen and oxygen atoms in total. The van der Waals surface area contributed by atoms with Crippen molar-refractivity contribution < 1.29 is 18.0 Å². The molecule has 4 rings (SSSR count). The number of rotatable bonds is 8. The average molecular weight is 563 g/mol. The lowest BCUT2D eigenvalue weighted by molar-refractivity contribution is -0.137. The monoisotopic (exact) mass is 562 g/mol. The van der Waals surface area contributed by atoms with Crippen LogP contribution in [0.5, 0.6) is 0 Å². The van der Waals surface area contributed by atoms with Crippen molar-refractivity contribution in [3.8, 4) is 28.3 Å². The first-order valence-corrected chi connectivity index (χ1v) is 12.1. The Kier molecular flexibility index (Phi) is 9.60. The zero-order chi connectivity index (χ0) is 26.6. The number of hydrogen-bond acceptors (Lipinski definition) is 3. The molecule has 0 fully saturated rings. The molecule has 200 valence electrons. The highest BCUT2D eigenvalue weighted by molar-refractivity contribution is 6.30. The van der Waals surface area contributed by atoms with Gasteiger partial charge >= 0.3 is 6.18 Å². The van der Waals surface area contributed by atoms with Gasteiger partial charge in [-0.15, -0.1) is 12.4 Å². The van der Waals surface area contributed by atoms with Gasteiger partial charge in [0.15, 0.2) is 0 Å². The lowest BCUT2D eigenvalue weighted by Crippen LogP contribution is -2.27. The topological polar surface area (TPSA) is 50.2 Å². The SMILES string of the molecule is CN(C)CCCNC(=O)c1ccc(-c2ccc(-c3ccc(Cl)cn3)n2-c2ccccc2C(F)(F)F)cc1.Cl. The first-order chi connectivity index (χ1) is 17.6. The van der Waals surface area contributed by atoms with Gasteiger partial charge in [-0.05, 0) is 81.2 Å². The summed E-state index contributed by atoms with van der Waals surface area (Å²) in [4.78, 5) is 18.9. The number of hydrogen-bond donors (Lipinski definition) is 1. The number of para-hydroxylation sites is 1. The minimum atomic E-state index is -4.56. The van der Waals surface area contributed by atoms with E-state index in [4.69, 9.17) is 11.6 Å². The fourth-order valence-electron chi connectivity index (χ4n) is 4.05. The van der Waals surface area contributed by atoms with Crippen LogP contribution < -0.4 is 5.32 Å². The van der Waals surface area contributed by atoms with Crippen LogP contribution in [0.15, 0.2) is 79.0 Å². The molecule has 0 radical (unpaired) electrons. The molecular weight excluding hydrogens is 536 g/mol. The zero-order valence-electron chi connectivity index (χ0n) is 20.8. The number of aromatic nitrogens is 2. The lowest BCUT2D eigenvalue weighted by Gasteiger charge is -2.19. The lowest BCUT2D eigenvalue weighted by atomic mass is 10.1. The maximum atomic E-state index is 14.0. The second-order valence-corrected chi connectivity index (χ2v) is 9.24. The van der Waals surface area contributed by atoms with Crippen molar-refractivity contribution in [1.29, 1.82) is 0 Å². The van der Waals surface area contributed by atoms with Gasteiger partial charge in [-0.3, -0.25) is 9.78 Å². The summed E-state index contributed by atoms with van der Waals surface area (Å²) in [7, 11) is 3.94. The Hall–Kier alpha value is -3.33.